The van der Waals surface area contributed by atoms with Gasteiger partial charge in [-0.05, 0) is 0 Å². The summed E-state index contributed by atoms with van der Waals surface area (Å²) >= 11 is 0. The second-order valence-electron chi connectivity index (χ2n) is 1.37. The Bertz CT molecular complexity index is 207. The van der Waals surface area contributed by atoms with Gasteiger partial charge in [-0.3, -0.25) is 0 Å². The van der Waals surface area contributed by atoms with Gasteiger partial charge in [-0.15, -0.1) is 6.58 Å². The monoisotopic (exact) mass is 163 g/mol. The molecule has 0 saturated heterocycles. The lowest BCUT2D eigenvalue weighted by Gasteiger charge is -2.01. The van der Waals surface area contributed by atoms with Crippen molar-refractivity contribution in [3.05, 3.63) is 12.7 Å². The molecule has 0 aromatic rings. The van der Waals surface area contributed by atoms with Crippen LogP contribution in [0.2, 0.25) is 0 Å². The van der Waals surface area contributed by atoms with Gasteiger partial charge in [0.05, 0.1) is 6.16 Å². The molecule has 1 atom stereocenters. The molecule has 1 N–H and O–H groups in total. The zero-order valence-corrected chi connectivity index (χ0v) is 5.95. The molecule has 0 aliphatic heterocycles. The van der Waals surface area contributed by atoms with Crippen molar-refractivity contribution in [1.29, 1.82) is 0 Å². The Morgan fingerprint density at radius 2 is 2.50 bits per heavy atom. The third-order valence-corrected chi connectivity index (χ3v) is 1.62. The summed E-state index contributed by atoms with van der Waals surface area (Å²) in [5.74, 6) is 0. The van der Waals surface area contributed by atoms with Crippen molar-refractivity contribution >= 4 is 13.7 Å². The Morgan fingerprint density at radius 1 is 1.90 bits per heavy atom. The lowest BCUT2D eigenvalue weighted by molar-refractivity contribution is 0.273. The molecule has 0 aliphatic rings. The van der Waals surface area contributed by atoms with Crippen molar-refractivity contribution in [2.24, 2.45) is 5.16 Å². The van der Waals surface area contributed by atoms with E-state index >= 15 is 0 Å². The van der Waals surface area contributed by atoms with Crippen molar-refractivity contribution in [2.45, 2.75) is 0 Å². The Hall–Kier alpha value is -0.890. The number of hydrogen-bond acceptors (Lipinski definition) is 4. The van der Waals surface area contributed by atoms with Crippen LogP contribution in [-0.2, 0) is 14.0 Å². The molecule has 56 valence electrons. The van der Waals surface area contributed by atoms with Gasteiger partial charge in [-0.1, -0.05) is 6.08 Å². The van der Waals surface area contributed by atoms with Crippen molar-refractivity contribution in [3.63, 3.8) is 0 Å². The van der Waals surface area contributed by atoms with Gasteiger partial charge >= 0.3 is 7.60 Å². The number of isocyanates is 1. The topological polar surface area (TPSA) is 76.0 Å². The van der Waals surface area contributed by atoms with Crippen molar-refractivity contribution < 1.29 is 18.9 Å². The number of nitrogens with zero attached hydrogens (tertiary/aromatic N) is 1. The van der Waals surface area contributed by atoms with Crippen LogP contribution in [0.25, 0.3) is 0 Å². The summed E-state index contributed by atoms with van der Waals surface area (Å²) in [5, 5.41) is 2.50. The summed E-state index contributed by atoms with van der Waals surface area (Å²) in [4.78, 5) is 18.0. The summed E-state index contributed by atoms with van der Waals surface area (Å²) in [6, 6.07) is 0. The minimum Gasteiger partial charge on any atom is -0.314 e. The fraction of sp³-hybridized carbons (Fsp3) is 0.250. The summed E-state index contributed by atoms with van der Waals surface area (Å²) in [6.07, 6.45) is 1.93. The predicted octanol–water partition coefficient (Wildman–Crippen LogP) is 0.625. The standard InChI is InChI=1S/C4H6NO4P/c1-2-3-10(7,8)9-5-4-6/h2H,1,3H2,(H,7,8). The molecule has 0 fully saturated rings. The van der Waals surface area contributed by atoms with Crippen LogP contribution in [0.5, 0.6) is 0 Å². The van der Waals surface area contributed by atoms with E-state index in [1.165, 1.54) is 6.08 Å². The van der Waals surface area contributed by atoms with Crippen LogP contribution in [0.3, 0.4) is 0 Å². The molecule has 1 unspecified atom stereocenters. The molecule has 0 bridgehead atoms. The minimum atomic E-state index is -3.76. The normalized spacial score (nSPS) is 14.5. The van der Waals surface area contributed by atoms with Gasteiger partial charge < -0.3 is 9.52 Å². The lowest BCUT2D eigenvalue weighted by atomic mass is 10.8. The van der Waals surface area contributed by atoms with Crippen LogP contribution < -0.4 is 0 Å². The maximum Gasteiger partial charge on any atom is 0.402 e. The average Bonchev–Trinajstić information content (AvgIpc) is 1.84. The van der Waals surface area contributed by atoms with Gasteiger partial charge in [-0.25, -0.2) is 9.36 Å². The fourth-order valence-corrected chi connectivity index (χ4v) is 0.831. The highest BCUT2D eigenvalue weighted by atomic mass is 31.2. The summed E-state index contributed by atoms with van der Waals surface area (Å²) < 4.78 is 14.4. The first-order valence-corrected chi connectivity index (χ1v) is 4.07. The number of carbonyl (C=O) groups excluding carboxylic acids is 1. The maximum atomic E-state index is 10.6. The minimum absolute atomic E-state index is 0.238. The van der Waals surface area contributed by atoms with Gasteiger partial charge in [-0.2, -0.15) is 0 Å². The second-order valence-corrected chi connectivity index (χ2v) is 3.18. The molecule has 0 spiro atoms. The summed E-state index contributed by atoms with van der Waals surface area (Å²) in [7, 11) is -3.76. The number of rotatable bonds is 4. The Morgan fingerprint density at radius 3 is 2.90 bits per heavy atom. The van der Waals surface area contributed by atoms with Gasteiger partial charge in [0.2, 0.25) is 0 Å². The average molecular weight is 163 g/mol. The van der Waals surface area contributed by atoms with E-state index in [1.54, 1.807) is 0 Å². The fourth-order valence-electron chi connectivity index (χ4n) is 0.277. The molecule has 10 heavy (non-hydrogen) atoms. The van der Waals surface area contributed by atoms with E-state index in [9.17, 15) is 9.36 Å². The lowest BCUT2D eigenvalue weighted by Crippen LogP contribution is -1.85. The van der Waals surface area contributed by atoms with E-state index in [0.717, 1.165) is 6.08 Å². The zero-order chi connectivity index (χ0) is 8.04. The van der Waals surface area contributed by atoms with E-state index in [2.05, 4.69) is 16.4 Å². The Balaban J connectivity index is 3.98. The van der Waals surface area contributed by atoms with Gasteiger partial charge in [0.25, 0.3) is 6.08 Å². The van der Waals surface area contributed by atoms with Gasteiger partial charge in [0, 0.05) is 5.16 Å². The molecule has 0 aromatic heterocycles. The highest BCUT2D eigenvalue weighted by Crippen LogP contribution is 2.41. The van der Waals surface area contributed by atoms with Crippen LogP contribution in [0, 0.1) is 0 Å². The van der Waals surface area contributed by atoms with Crippen LogP contribution in [-0.4, -0.2) is 17.1 Å². The van der Waals surface area contributed by atoms with E-state index in [-0.39, 0.29) is 6.16 Å². The third-order valence-electron chi connectivity index (χ3n) is 0.565. The molecule has 5 nitrogen and oxygen atoms in total. The molecule has 0 heterocycles. The molecule has 0 aliphatic carbocycles. The number of hydrogen-bond donors (Lipinski definition) is 1. The van der Waals surface area contributed by atoms with Crippen LogP contribution in [0.15, 0.2) is 17.8 Å². The highest BCUT2D eigenvalue weighted by molar-refractivity contribution is 7.52. The SMILES string of the molecule is C=CCP(=O)(O)ON=C=O. The first-order chi connectivity index (χ1) is 4.62. The third kappa shape index (κ3) is 4.04. The smallest absolute Gasteiger partial charge is 0.314 e. The van der Waals surface area contributed by atoms with E-state index in [4.69, 9.17) is 4.89 Å². The largest absolute Gasteiger partial charge is 0.402 e. The highest BCUT2D eigenvalue weighted by Gasteiger charge is 2.17. The maximum absolute atomic E-state index is 10.6. The van der Waals surface area contributed by atoms with Crippen LogP contribution >= 0.6 is 7.60 Å². The van der Waals surface area contributed by atoms with E-state index < -0.39 is 7.60 Å². The zero-order valence-electron chi connectivity index (χ0n) is 5.06. The Kier molecular flexibility index (Phi) is 3.65. The first-order valence-electron chi connectivity index (χ1n) is 2.31. The van der Waals surface area contributed by atoms with E-state index in [1.807, 2.05) is 0 Å². The van der Waals surface area contributed by atoms with Crippen molar-refractivity contribution in [1.82, 2.24) is 0 Å². The molecular formula is C4H6NO4P. The summed E-state index contributed by atoms with van der Waals surface area (Å²) in [6.45, 7) is 3.20. The quantitative estimate of drug-likeness (QED) is 0.217. The second kappa shape index (κ2) is 4.01. The van der Waals surface area contributed by atoms with Gasteiger partial charge in [0.1, 0.15) is 0 Å². The Labute approximate surface area is 57.5 Å². The number of allylic oxidation sites excluding steroid dienone is 1. The molecule has 0 saturated carbocycles. The van der Waals surface area contributed by atoms with Crippen LogP contribution in [0.4, 0.5) is 0 Å². The molecule has 0 amide bonds. The predicted molar refractivity (Wildman–Crippen MR) is 34.1 cm³/mol. The van der Waals surface area contributed by atoms with E-state index in [0.29, 0.717) is 0 Å². The first kappa shape index (κ1) is 9.11. The molecule has 6 heteroatoms. The van der Waals surface area contributed by atoms with Crippen molar-refractivity contribution in [3.8, 4) is 0 Å². The van der Waals surface area contributed by atoms with Crippen molar-refractivity contribution in [2.75, 3.05) is 6.16 Å². The summed E-state index contributed by atoms with van der Waals surface area (Å²) in [5.41, 5.74) is 0. The van der Waals surface area contributed by atoms with Gasteiger partial charge in [0.15, 0.2) is 0 Å². The molecular weight excluding hydrogens is 157 g/mol. The van der Waals surface area contributed by atoms with Crippen LogP contribution in [0.1, 0.15) is 0 Å². The molecule has 0 aromatic carbocycles. The molecule has 0 rings (SSSR count). The molecule has 0 radical (unpaired) electrons.